The molecule has 6 nitrogen and oxygen atoms in total. The van der Waals surface area contributed by atoms with Crippen molar-refractivity contribution in [3.63, 3.8) is 0 Å². The highest BCUT2D eigenvalue weighted by atomic mass is 32.2. The maximum Gasteiger partial charge on any atom is 0.230 e. The molecule has 0 aliphatic rings. The average molecular weight is 331 g/mol. The SMILES string of the molecule is CCCCC[C@H](C)NC(=O)CSc1nc(N)c(C#N)cc1C#N. The Hall–Kier alpha value is -2.25. The molecule has 23 heavy (non-hydrogen) atoms. The van der Waals surface area contributed by atoms with E-state index >= 15 is 0 Å². The molecule has 0 saturated carbocycles. The number of amides is 1. The number of carbonyl (C=O) groups excluding carboxylic acids is 1. The zero-order valence-corrected chi connectivity index (χ0v) is 14.2. The van der Waals surface area contributed by atoms with Crippen LogP contribution in [0.15, 0.2) is 11.1 Å². The summed E-state index contributed by atoms with van der Waals surface area (Å²) < 4.78 is 0. The van der Waals surface area contributed by atoms with E-state index in [0.29, 0.717) is 5.03 Å². The second-order valence-electron chi connectivity index (χ2n) is 5.25. The first-order chi connectivity index (χ1) is 11.0. The smallest absolute Gasteiger partial charge is 0.230 e. The molecule has 0 radical (unpaired) electrons. The Morgan fingerprint density at radius 1 is 1.39 bits per heavy atom. The number of anilines is 1. The topological polar surface area (TPSA) is 116 Å². The van der Waals surface area contributed by atoms with Crippen molar-refractivity contribution >= 4 is 23.5 Å². The second kappa shape index (κ2) is 9.70. The van der Waals surface area contributed by atoms with Gasteiger partial charge in [0.1, 0.15) is 23.0 Å². The minimum absolute atomic E-state index is 0.0716. The zero-order valence-electron chi connectivity index (χ0n) is 13.4. The molecule has 1 amide bonds. The lowest BCUT2D eigenvalue weighted by Gasteiger charge is -2.13. The van der Waals surface area contributed by atoms with Crippen molar-refractivity contribution in [3.8, 4) is 12.1 Å². The summed E-state index contributed by atoms with van der Waals surface area (Å²) in [5.41, 5.74) is 6.07. The molecule has 0 aliphatic carbocycles. The fraction of sp³-hybridized carbons (Fsp3) is 0.500. The molecule has 0 bridgehead atoms. The molecule has 122 valence electrons. The van der Waals surface area contributed by atoms with Gasteiger partial charge in [-0.05, 0) is 19.4 Å². The molecule has 1 rings (SSSR count). The van der Waals surface area contributed by atoms with Gasteiger partial charge in [-0.1, -0.05) is 37.9 Å². The number of pyridine rings is 1. The van der Waals surface area contributed by atoms with E-state index < -0.39 is 0 Å². The Labute approximate surface area is 141 Å². The molecule has 0 spiro atoms. The van der Waals surface area contributed by atoms with Gasteiger partial charge < -0.3 is 11.1 Å². The van der Waals surface area contributed by atoms with E-state index in [1.807, 2.05) is 19.1 Å². The van der Waals surface area contributed by atoms with Crippen LogP contribution in [0.5, 0.6) is 0 Å². The van der Waals surface area contributed by atoms with Gasteiger partial charge in [0.2, 0.25) is 5.91 Å². The van der Waals surface area contributed by atoms with Crippen LogP contribution in [0.1, 0.15) is 50.7 Å². The predicted octanol–water partition coefficient (Wildman–Crippen LogP) is 2.58. The van der Waals surface area contributed by atoms with Crippen LogP contribution < -0.4 is 11.1 Å². The largest absolute Gasteiger partial charge is 0.383 e. The molecule has 0 aliphatic heterocycles. The van der Waals surface area contributed by atoms with Crippen LogP contribution >= 0.6 is 11.8 Å². The maximum absolute atomic E-state index is 11.9. The summed E-state index contributed by atoms with van der Waals surface area (Å²) in [6.07, 6.45) is 4.36. The number of aromatic nitrogens is 1. The van der Waals surface area contributed by atoms with E-state index in [2.05, 4.69) is 17.2 Å². The minimum Gasteiger partial charge on any atom is -0.383 e. The molecule has 1 atom stereocenters. The maximum atomic E-state index is 11.9. The van der Waals surface area contributed by atoms with Crippen LogP contribution in [-0.4, -0.2) is 22.7 Å². The van der Waals surface area contributed by atoms with Crippen molar-refractivity contribution < 1.29 is 4.79 Å². The van der Waals surface area contributed by atoms with E-state index in [9.17, 15) is 4.79 Å². The summed E-state index contributed by atoms with van der Waals surface area (Å²) in [5.74, 6) is 0.125. The summed E-state index contributed by atoms with van der Waals surface area (Å²) in [6, 6.07) is 5.39. The Bertz CT molecular complexity index is 633. The number of unbranched alkanes of at least 4 members (excludes halogenated alkanes) is 2. The quantitative estimate of drug-likeness (QED) is 0.558. The van der Waals surface area contributed by atoms with Crippen molar-refractivity contribution in [3.05, 3.63) is 17.2 Å². The van der Waals surface area contributed by atoms with Crippen molar-refractivity contribution in [2.24, 2.45) is 0 Å². The van der Waals surface area contributed by atoms with E-state index in [1.54, 1.807) is 0 Å². The summed E-state index contributed by atoms with van der Waals surface area (Å²) in [6.45, 7) is 4.12. The third kappa shape index (κ3) is 6.17. The molecular formula is C16H21N5OS. The van der Waals surface area contributed by atoms with Gasteiger partial charge in [0.25, 0.3) is 0 Å². The molecule has 1 aromatic heterocycles. The molecule has 0 unspecified atom stereocenters. The number of carbonyl (C=O) groups is 1. The van der Waals surface area contributed by atoms with Crippen molar-refractivity contribution in [1.82, 2.24) is 10.3 Å². The van der Waals surface area contributed by atoms with Gasteiger partial charge >= 0.3 is 0 Å². The minimum atomic E-state index is -0.104. The summed E-state index contributed by atoms with van der Waals surface area (Å²) >= 11 is 1.15. The molecule has 0 aromatic carbocycles. The van der Waals surface area contributed by atoms with Crippen LogP contribution in [0.25, 0.3) is 0 Å². The molecule has 7 heteroatoms. The number of hydrogen-bond acceptors (Lipinski definition) is 6. The summed E-state index contributed by atoms with van der Waals surface area (Å²) in [4.78, 5) is 16.0. The highest BCUT2D eigenvalue weighted by Crippen LogP contribution is 2.23. The van der Waals surface area contributed by atoms with E-state index in [4.69, 9.17) is 16.3 Å². The first kappa shape index (κ1) is 18.8. The number of nitrogens with zero attached hydrogens (tertiary/aromatic N) is 3. The van der Waals surface area contributed by atoms with Gasteiger partial charge in [0, 0.05) is 6.04 Å². The lowest BCUT2D eigenvalue weighted by Crippen LogP contribution is -2.33. The van der Waals surface area contributed by atoms with Crippen LogP contribution in [-0.2, 0) is 4.79 Å². The van der Waals surface area contributed by atoms with Gasteiger partial charge in [-0.15, -0.1) is 0 Å². The lowest BCUT2D eigenvalue weighted by molar-refractivity contribution is -0.119. The highest BCUT2D eigenvalue weighted by molar-refractivity contribution is 8.00. The van der Waals surface area contributed by atoms with Gasteiger partial charge in [0.05, 0.1) is 16.9 Å². The van der Waals surface area contributed by atoms with E-state index in [-0.39, 0.29) is 34.6 Å². The van der Waals surface area contributed by atoms with Gasteiger partial charge in [-0.25, -0.2) is 4.98 Å². The van der Waals surface area contributed by atoms with Crippen LogP contribution in [0.2, 0.25) is 0 Å². The Balaban J connectivity index is 2.58. The fourth-order valence-corrected chi connectivity index (χ4v) is 2.79. The average Bonchev–Trinajstić information content (AvgIpc) is 2.53. The number of hydrogen-bond donors (Lipinski definition) is 2. The first-order valence-corrected chi connectivity index (χ1v) is 8.53. The van der Waals surface area contributed by atoms with Crippen LogP contribution in [0, 0.1) is 22.7 Å². The van der Waals surface area contributed by atoms with Gasteiger partial charge in [-0.2, -0.15) is 10.5 Å². The van der Waals surface area contributed by atoms with E-state index in [1.165, 1.54) is 6.07 Å². The second-order valence-corrected chi connectivity index (χ2v) is 6.21. The summed E-state index contributed by atoms with van der Waals surface area (Å²) in [5, 5.41) is 21.3. The number of rotatable bonds is 8. The molecule has 0 saturated heterocycles. The monoisotopic (exact) mass is 331 g/mol. The molecule has 1 aromatic rings. The summed E-state index contributed by atoms with van der Waals surface area (Å²) in [7, 11) is 0. The number of nitriles is 2. The molecule has 1 heterocycles. The van der Waals surface area contributed by atoms with Gasteiger partial charge in [-0.3, -0.25) is 4.79 Å². The zero-order chi connectivity index (χ0) is 17.2. The Morgan fingerprint density at radius 2 is 2.09 bits per heavy atom. The highest BCUT2D eigenvalue weighted by Gasteiger charge is 2.13. The molecule has 3 N–H and O–H groups in total. The Morgan fingerprint density at radius 3 is 2.70 bits per heavy atom. The van der Waals surface area contributed by atoms with Crippen molar-refractivity contribution in [2.75, 3.05) is 11.5 Å². The van der Waals surface area contributed by atoms with Crippen LogP contribution in [0.4, 0.5) is 5.82 Å². The number of nitrogen functional groups attached to an aromatic ring is 1. The van der Waals surface area contributed by atoms with E-state index in [0.717, 1.165) is 37.4 Å². The Kier molecular flexibility index (Phi) is 7.93. The van der Waals surface area contributed by atoms with Crippen molar-refractivity contribution in [1.29, 1.82) is 10.5 Å². The standard InChI is InChI=1S/C16H21N5OS/c1-3-4-5-6-11(2)20-14(22)10-23-16-13(9-18)7-12(8-17)15(19)21-16/h7,11H,3-6,10H2,1-2H3,(H2,19,21)(H,20,22)/t11-/m0/s1. The first-order valence-electron chi connectivity index (χ1n) is 7.54. The molecule has 0 fully saturated rings. The number of nitrogens with two attached hydrogens (primary N) is 1. The van der Waals surface area contributed by atoms with Crippen LogP contribution in [0.3, 0.4) is 0 Å². The van der Waals surface area contributed by atoms with Gasteiger partial charge in [0.15, 0.2) is 0 Å². The normalized spacial score (nSPS) is 11.3. The third-order valence-corrected chi connectivity index (χ3v) is 4.24. The van der Waals surface area contributed by atoms with Crippen molar-refractivity contribution in [2.45, 2.75) is 50.6 Å². The molecular weight excluding hydrogens is 310 g/mol. The number of nitrogens with one attached hydrogen (secondary N) is 1. The lowest BCUT2D eigenvalue weighted by atomic mass is 10.1. The third-order valence-electron chi connectivity index (χ3n) is 3.25. The predicted molar refractivity (Wildman–Crippen MR) is 90.6 cm³/mol. The fourth-order valence-electron chi connectivity index (χ4n) is 2.01. The number of thioether (sulfide) groups is 1.